The predicted octanol–water partition coefficient (Wildman–Crippen LogP) is 5.31. The molecule has 0 saturated heterocycles. The Morgan fingerprint density at radius 1 is 0.720 bits per heavy atom. The van der Waals surface area contributed by atoms with Gasteiger partial charge < -0.3 is 5.11 Å². The van der Waals surface area contributed by atoms with Crippen molar-refractivity contribution in [1.29, 1.82) is 0 Å². The molecule has 0 radical (unpaired) electrons. The molecule has 0 spiro atoms. The maximum atomic E-state index is 13.6. The highest BCUT2D eigenvalue weighted by Crippen LogP contribution is 2.49. The first-order chi connectivity index (χ1) is 11.2. The number of alkyl halides is 10. The third-order valence-corrected chi connectivity index (χ3v) is 3.38. The van der Waals surface area contributed by atoms with Gasteiger partial charge in [-0.05, 0) is 30.9 Å². The summed E-state index contributed by atoms with van der Waals surface area (Å²) in [6.07, 6.45) is -12.8. The van der Waals surface area contributed by atoms with E-state index < -0.39 is 60.0 Å². The number of unbranched alkanes of at least 4 members (excludes halogenated alkanes) is 1. The molecule has 0 heterocycles. The molecule has 0 amide bonds. The van der Waals surface area contributed by atoms with Gasteiger partial charge in [-0.25, -0.2) is 0 Å². The second-order valence-corrected chi connectivity index (χ2v) is 5.20. The fourth-order valence-electron chi connectivity index (χ4n) is 2.03. The van der Waals surface area contributed by atoms with Gasteiger partial charge in [0.25, 0.3) is 0 Å². The van der Waals surface area contributed by atoms with E-state index >= 15 is 0 Å². The first-order valence-corrected chi connectivity index (χ1v) is 6.80. The summed E-state index contributed by atoms with van der Waals surface area (Å²) in [6.45, 7) is -0.394. The Labute approximate surface area is 135 Å². The molecule has 25 heavy (non-hydrogen) atoms. The Morgan fingerprint density at radius 3 is 1.68 bits per heavy atom. The van der Waals surface area contributed by atoms with Crippen molar-refractivity contribution in [3.05, 3.63) is 34.9 Å². The molecule has 0 aliphatic carbocycles. The van der Waals surface area contributed by atoms with E-state index in [4.69, 9.17) is 5.11 Å². The first-order valence-electron chi connectivity index (χ1n) is 6.80. The highest BCUT2D eigenvalue weighted by Gasteiger charge is 2.62. The molecule has 0 aliphatic rings. The Bertz CT molecular complexity index is 588. The summed E-state index contributed by atoms with van der Waals surface area (Å²) in [5, 5.41) is 8.59. The van der Waals surface area contributed by atoms with Gasteiger partial charge in [0.05, 0.1) is 0 Å². The van der Waals surface area contributed by atoms with Crippen LogP contribution in [0.3, 0.4) is 0 Å². The lowest BCUT2D eigenvalue weighted by Gasteiger charge is -2.26. The van der Waals surface area contributed by atoms with Crippen molar-refractivity contribution in [3.8, 4) is 0 Å². The van der Waals surface area contributed by atoms with Crippen molar-refractivity contribution in [2.45, 2.75) is 43.5 Å². The minimum Gasteiger partial charge on any atom is -0.396 e. The number of aliphatic hydroxyl groups is 1. The molecule has 0 atom stereocenters. The molecule has 1 nitrogen and oxygen atoms in total. The van der Waals surface area contributed by atoms with E-state index in [1.165, 1.54) is 0 Å². The number of halogens is 10. The van der Waals surface area contributed by atoms with Crippen LogP contribution in [0.2, 0.25) is 0 Å². The van der Waals surface area contributed by atoms with Crippen molar-refractivity contribution in [3.63, 3.8) is 0 Å². The normalized spacial score (nSPS) is 14.0. The van der Waals surface area contributed by atoms with E-state index in [0.717, 1.165) is 0 Å². The smallest absolute Gasteiger partial charge is 0.396 e. The third-order valence-electron chi connectivity index (χ3n) is 3.38. The van der Waals surface area contributed by atoms with E-state index in [1.807, 2.05) is 0 Å². The van der Waals surface area contributed by atoms with Gasteiger partial charge in [0.15, 0.2) is 0 Å². The quantitative estimate of drug-likeness (QED) is 0.519. The molecule has 1 aromatic rings. The Hall–Kier alpha value is -1.52. The summed E-state index contributed by atoms with van der Waals surface area (Å²) in [4.78, 5) is 0. The zero-order valence-corrected chi connectivity index (χ0v) is 12.3. The topological polar surface area (TPSA) is 20.2 Å². The van der Waals surface area contributed by atoms with Crippen LogP contribution in [-0.2, 0) is 18.3 Å². The van der Waals surface area contributed by atoms with E-state index in [0.29, 0.717) is 6.07 Å². The number of aryl methyl sites for hydroxylation is 1. The van der Waals surface area contributed by atoms with Crippen LogP contribution in [0, 0.1) is 0 Å². The Kier molecular flexibility index (Phi) is 6.03. The summed E-state index contributed by atoms with van der Waals surface area (Å²) in [6, 6.07) is 0.0916. The number of aliphatic hydroxyl groups excluding tert-OH is 1. The van der Waals surface area contributed by atoms with Crippen molar-refractivity contribution < 1.29 is 49.0 Å². The van der Waals surface area contributed by atoms with E-state index in [9.17, 15) is 43.9 Å². The molecule has 1 N–H and O–H groups in total. The van der Waals surface area contributed by atoms with Gasteiger partial charge in [0.1, 0.15) is 0 Å². The summed E-state index contributed by atoms with van der Waals surface area (Å²) >= 11 is 0. The number of hydrogen-bond donors (Lipinski definition) is 1. The molecule has 0 fully saturated rings. The van der Waals surface area contributed by atoms with Crippen LogP contribution in [0.5, 0.6) is 0 Å². The van der Waals surface area contributed by atoms with Gasteiger partial charge in [-0.3, -0.25) is 0 Å². The number of benzene rings is 1. The number of hydrogen-bond acceptors (Lipinski definition) is 1. The molecule has 0 unspecified atom stereocenters. The minimum absolute atomic E-state index is 0.0253. The lowest BCUT2D eigenvalue weighted by Crippen LogP contribution is -2.37. The van der Waals surface area contributed by atoms with Gasteiger partial charge in [-0.2, -0.15) is 43.9 Å². The van der Waals surface area contributed by atoms with Crippen molar-refractivity contribution in [2.24, 2.45) is 0 Å². The zero-order chi connectivity index (χ0) is 19.7. The zero-order valence-electron chi connectivity index (χ0n) is 12.3. The lowest BCUT2D eigenvalue weighted by molar-refractivity contribution is -0.292. The summed E-state index contributed by atoms with van der Waals surface area (Å²) in [7, 11) is 0. The fourth-order valence-corrected chi connectivity index (χ4v) is 2.03. The van der Waals surface area contributed by atoms with Crippen LogP contribution in [0.4, 0.5) is 43.9 Å². The average molecular weight is 386 g/mol. The van der Waals surface area contributed by atoms with Crippen LogP contribution in [0.25, 0.3) is 0 Å². The SMILES string of the molecule is OCCCCc1ccc(C(F)(F)C(F)(F)F)cc1C(F)(F)C(F)(F)F. The molecule has 0 saturated carbocycles. The van der Waals surface area contributed by atoms with Gasteiger partial charge in [-0.15, -0.1) is 0 Å². The fraction of sp³-hybridized carbons (Fsp3) is 0.571. The molecular formula is C14H12F10O. The van der Waals surface area contributed by atoms with Crippen molar-refractivity contribution in [1.82, 2.24) is 0 Å². The summed E-state index contributed by atoms with van der Waals surface area (Å²) in [5.41, 5.74) is -4.69. The van der Waals surface area contributed by atoms with Gasteiger partial charge in [0.2, 0.25) is 0 Å². The summed E-state index contributed by atoms with van der Waals surface area (Å²) < 4.78 is 128. The Balaban J connectivity index is 3.49. The highest BCUT2D eigenvalue weighted by atomic mass is 19.4. The monoisotopic (exact) mass is 386 g/mol. The van der Waals surface area contributed by atoms with Gasteiger partial charge in [0, 0.05) is 17.7 Å². The molecule has 1 aromatic carbocycles. The van der Waals surface area contributed by atoms with Crippen LogP contribution in [-0.4, -0.2) is 24.1 Å². The largest absolute Gasteiger partial charge is 0.458 e. The van der Waals surface area contributed by atoms with Crippen LogP contribution < -0.4 is 0 Å². The molecule has 11 heteroatoms. The van der Waals surface area contributed by atoms with Crippen LogP contribution >= 0.6 is 0 Å². The average Bonchev–Trinajstić information content (AvgIpc) is 2.45. The molecule has 0 aliphatic heterocycles. The van der Waals surface area contributed by atoms with Crippen LogP contribution in [0.1, 0.15) is 29.5 Å². The molecule has 0 aromatic heterocycles. The minimum atomic E-state index is -6.18. The number of rotatable bonds is 6. The molecule has 1 rings (SSSR count). The standard InChI is InChI=1S/C14H12F10O/c15-11(16,13(19,20)21)9-5-4-8(3-1-2-6-25)10(7-9)12(17,18)14(22,23)24/h4-5,7,25H,1-3,6H2. The molecule has 144 valence electrons. The van der Waals surface area contributed by atoms with Crippen LogP contribution in [0.15, 0.2) is 18.2 Å². The third kappa shape index (κ3) is 4.36. The molecule has 0 bridgehead atoms. The van der Waals surface area contributed by atoms with Gasteiger partial charge >= 0.3 is 24.2 Å². The second kappa shape index (κ2) is 7.00. The molecular weight excluding hydrogens is 374 g/mol. The highest BCUT2D eigenvalue weighted by molar-refractivity contribution is 5.38. The second-order valence-electron chi connectivity index (χ2n) is 5.20. The Morgan fingerprint density at radius 2 is 1.24 bits per heavy atom. The van der Waals surface area contributed by atoms with E-state index in [2.05, 4.69) is 0 Å². The van der Waals surface area contributed by atoms with Crippen molar-refractivity contribution >= 4 is 0 Å². The van der Waals surface area contributed by atoms with E-state index in [1.54, 1.807) is 0 Å². The first kappa shape index (κ1) is 21.5. The summed E-state index contributed by atoms with van der Waals surface area (Å²) in [5.74, 6) is -11.2. The van der Waals surface area contributed by atoms with Crippen molar-refractivity contribution in [2.75, 3.05) is 6.61 Å². The maximum absolute atomic E-state index is 13.6. The maximum Gasteiger partial charge on any atom is 0.458 e. The van der Waals surface area contributed by atoms with E-state index in [-0.39, 0.29) is 18.9 Å². The lowest BCUT2D eigenvalue weighted by atomic mass is 9.93. The predicted molar refractivity (Wildman–Crippen MR) is 66.4 cm³/mol. The van der Waals surface area contributed by atoms with Gasteiger partial charge in [-0.1, -0.05) is 12.1 Å².